The maximum Gasteiger partial charge on any atom is 0.226 e. The van der Waals surface area contributed by atoms with Crippen LogP contribution < -0.4 is 11.1 Å². The Morgan fingerprint density at radius 2 is 2.25 bits per heavy atom. The number of nitrogens with one attached hydrogen (secondary N) is 1. The molecule has 1 rings (SSSR count). The molecule has 0 spiro atoms. The molecule has 0 fully saturated rings. The molecule has 0 unspecified atom stereocenters. The number of nitrogens with two attached hydrogens (primary N) is 1. The van der Waals surface area contributed by atoms with Crippen molar-refractivity contribution in [2.24, 2.45) is 10.9 Å². The average Bonchev–Trinajstić information content (AvgIpc) is 2.45. The van der Waals surface area contributed by atoms with E-state index in [4.69, 9.17) is 27.3 Å². The first-order valence-electron chi connectivity index (χ1n) is 6.23. The molecule has 6 nitrogen and oxygen atoms in total. The summed E-state index contributed by atoms with van der Waals surface area (Å²) < 4.78 is 5.23. The van der Waals surface area contributed by atoms with Gasteiger partial charge in [-0.25, -0.2) is 0 Å². The van der Waals surface area contributed by atoms with E-state index in [-0.39, 0.29) is 18.2 Å². The van der Waals surface area contributed by atoms with Crippen LogP contribution in [-0.4, -0.2) is 30.2 Å². The second-order valence-corrected chi connectivity index (χ2v) is 4.50. The van der Waals surface area contributed by atoms with E-state index < -0.39 is 0 Å². The Balaban J connectivity index is 2.58. The van der Waals surface area contributed by atoms with E-state index in [9.17, 15) is 4.79 Å². The van der Waals surface area contributed by atoms with Crippen molar-refractivity contribution in [2.45, 2.75) is 19.8 Å². The second-order valence-electron chi connectivity index (χ2n) is 4.09. The van der Waals surface area contributed by atoms with Gasteiger partial charge in [0.2, 0.25) is 5.91 Å². The van der Waals surface area contributed by atoms with Crippen molar-refractivity contribution in [3.05, 3.63) is 28.8 Å². The lowest BCUT2D eigenvalue weighted by Crippen LogP contribution is -2.16. The topological polar surface area (TPSA) is 96.9 Å². The highest BCUT2D eigenvalue weighted by molar-refractivity contribution is 6.34. The third kappa shape index (κ3) is 5.07. The first-order chi connectivity index (χ1) is 9.58. The summed E-state index contributed by atoms with van der Waals surface area (Å²) in [4.78, 5) is 11.7. The number of nitrogens with zero attached hydrogens (tertiary/aromatic N) is 1. The fourth-order valence-corrected chi connectivity index (χ4v) is 1.69. The smallest absolute Gasteiger partial charge is 0.226 e. The highest BCUT2D eigenvalue weighted by Crippen LogP contribution is 2.23. The number of hydrogen-bond acceptors (Lipinski definition) is 4. The monoisotopic (exact) mass is 299 g/mol. The zero-order valence-electron chi connectivity index (χ0n) is 11.2. The molecular formula is C13H18ClN3O3. The van der Waals surface area contributed by atoms with Crippen molar-refractivity contribution in [2.75, 3.05) is 18.5 Å². The van der Waals surface area contributed by atoms with Crippen molar-refractivity contribution >= 4 is 29.0 Å². The summed E-state index contributed by atoms with van der Waals surface area (Å²) >= 11 is 6.02. The molecule has 0 radical (unpaired) electrons. The van der Waals surface area contributed by atoms with Crippen molar-refractivity contribution in [1.29, 1.82) is 0 Å². The van der Waals surface area contributed by atoms with Crippen molar-refractivity contribution < 1.29 is 14.7 Å². The van der Waals surface area contributed by atoms with Gasteiger partial charge in [-0.3, -0.25) is 4.79 Å². The molecule has 0 heterocycles. The lowest BCUT2D eigenvalue weighted by atomic mass is 10.2. The Kier molecular flexibility index (Phi) is 6.83. The molecular weight excluding hydrogens is 282 g/mol. The predicted molar refractivity (Wildman–Crippen MR) is 78.3 cm³/mol. The first kappa shape index (κ1) is 16.3. The molecule has 0 bridgehead atoms. The van der Waals surface area contributed by atoms with Crippen LogP contribution in [0, 0.1) is 0 Å². The SMILES string of the molecule is CCCOCCC(=O)Nc1ccc(/C(N)=N/O)cc1Cl. The van der Waals surface area contributed by atoms with Gasteiger partial charge >= 0.3 is 0 Å². The third-order valence-electron chi connectivity index (χ3n) is 2.47. The molecule has 0 aliphatic carbocycles. The number of carbonyl (C=O) groups is 1. The molecule has 0 aliphatic rings. The number of carbonyl (C=O) groups excluding carboxylic acids is 1. The van der Waals surface area contributed by atoms with E-state index in [0.29, 0.717) is 29.5 Å². The molecule has 0 atom stereocenters. The molecule has 0 aromatic heterocycles. The highest BCUT2D eigenvalue weighted by atomic mass is 35.5. The van der Waals surface area contributed by atoms with Gasteiger partial charge in [0.25, 0.3) is 0 Å². The Morgan fingerprint density at radius 1 is 1.50 bits per heavy atom. The number of amidine groups is 1. The molecule has 0 aliphatic heterocycles. The van der Waals surface area contributed by atoms with E-state index in [1.165, 1.54) is 6.07 Å². The predicted octanol–water partition coefficient (Wildman–Crippen LogP) is 2.19. The maximum atomic E-state index is 11.7. The van der Waals surface area contributed by atoms with E-state index in [1.54, 1.807) is 12.1 Å². The highest BCUT2D eigenvalue weighted by Gasteiger charge is 2.08. The molecule has 110 valence electrons. The maximum absolute atomic E-state index is 11.7. The zero-order valence-corrected chi connectivity index (χ0v) is 12.0. The Morgan fingerprint density at radius 3 is 2.85 bits per heavy atom. The van der Waals surface area contributed by atoms with Crippen molar-refractivity contribution in [3.8, 4) is 0 Å². The normalized spacial score (nSPS) is 11.4. The van der Waals surface area contributed by atoms with Gasteiger partial charge in [-0.05, 0) is 24.6 Å². The van der Waals surface area contributed by atoms with Gasteiger partial charge in [-0.1, -0.05) is 23.7 Å². The summed E-state index contributed by atoms with van der Waals surface area (Å²) in [6.07, 6.45) is 1.18. The molecule has 1 aromatic rings. The van der Waals surface area contributed by atoms with Crippen LogP contribution in [0.2, 0.25) is 5.02 Å². The van der Waals surface area contributed by atoms with Crippen LogP contribution in [0.3, 0.4) is 0 Å². The van der Waals surface area contributed by atoms with Crippen LogP contribution in [0.25, 0.3) is 0 Å². The second kappa shape index (κ2) is 8.39. The van der Waals surface area contributed by atoms with Crippen LogP contribution in [0.5, 0.6) is 0 Å². The number of ether oxygens (including phenoxy) is 1. The summed E-state index contributed by atoms with van der Waals surface area (Å²) in [7, 11) is 0. The number of amides is 1. The average molecular weight is 300 g/mol. The number of benzene rings is 1. The fraction of sp³-hybridized carbons (Fsp3) is 0.385. The van der Waals surface area contributed by atoms with Crippen LogP contribution in [0.1, 0.15) is 25.3 Å². The summed E-state index contributed by atoms with van der Waals surface area (Å²) in [6.45, 7) is 3.02. The molecule has 7 heteroatoms. The summed E-state index contributed by atoms with van der Waals surface area (Å²) in [5, 5.41) is 14.4. The summed E-state index contributed by atoms with van der Waals surface area (Å²) in [6, 6.07) is 4.71. The minimum atomic E-state index is -0.181. The van der Waals surface area contributed by atoms with Gasteiger partial charge in [0.05, 0.1) is 23.7 Å². The number of anilines is 1. The molecule has 1 aromatic carbocycles. The van der Waals surface area contributed by atoms with Crippen LogP contribution in [-0.2, 0) is 9.53 Å². The molecule has 0 saturated carbocycles. The third-order valence-corrected chi connectivity index (χ3v) is 2.78. The van der Waals surface area contributed by atoms with Gasteiger partial charge < -0.3 is 21.0 Å². The fourth-order valence-electron chi connectivity index (χ4n) is 1.46. The molecule has 20 heavy (non-hydrogen) atoms. The standard InChI is InChI=1S/C13H18ClN3O3/c1-2-6-20-7-5-12(18)16-11-4-3-9(8-10(11)14)13(15)17-19/h3-4,8,19H,2,5-7H2,1H3,(H2,15,17)(H,16,18). The van der Waals surface area contributed by atoms with Gasteiger partial charge in [0.1, 0.15) is 0 Å². The van der Waals surface area contributed by atoms with Gasteiger partial charge in [-0.2, -0.15) is 0 Å². The lowest BCUT2D eigenvalue weighted by molar-refractivity contribution is -0.117. The number of rotatable bonds is 7. The summed E-state index contributed by atoms with van der Waals surface area (Å²) in [5.41, 5.74) is 6.39. The zero-order chi connectivity index (χ0) is 15.0. The van der Waals surface area contributed by atoms with E-state index in [1.807, 2.05) is 6.92 Å². The van der Waals surface area contributed by atoms with Crippen LogP contribution in [0.4, 0.5) is 5.69 Å². The molecule has 0 saturated heterocycles. The van der Waals surface area contributed by atoms with Gasteiger partial charge in [0.15, 0.2) is 5.84 Å². The lowest BCUT2D eigenvalue weighted by Gasteiger charge is -2.09. The minimum absolute atomic E-state index is 0.0438. The number of halogens is 1. The quantitative estimate of drug-likeness (QED) is 0.236. The largest absolute Gasteiger partial charge is 0.409 e. The number of oxime groups is 1. The minimum Gasteiger partial charge on any atom is -0.409 e. The van der Waals surface area contributed by atoms with Crippen molar-refractivity contribution in [3.63, 3.8) is 0 Å². The molecule has 4 N–H and O–H groups in total. The van der Waals surface area contributed by atoms with E-state index in [0.717, 1.165) is 6.42 Å². The van der Waals surface area contributed by atoms with Gasteiger partial charge in [-0.15, -0.1) is 0 Å². The van der Waals surface area contributed by atoms with Crippen molar-refractivity contribution in [1.82, 2.24) is 0 Å². The Hall–Kier alpha value is -1.79. The van der Waals surface area contributed by atoms with E-state index >= 15 is 0 Å². The number of hydrogen-bond donors (Lipinski definition) is 3. The van der Waals surface area contributed by atoms with E-state index in [2.05, 4.69) is 10.5 Å². The first-order valence-corrected chi connectivity index (χ1v) is 6.61. The van der Waals surface area contributed by atoms with Gasteiger partial charge in [0, 0.05) is 12.2 Å². The Bertz CT molecular complexity index is 492. The van der Waals surface area contributed by atoms with Crippen LogP contribution >= 0.6 is 11.6 Å². The Labute approximate surface area is 122 Å². The summed E-state index contributed by atoms with van der Waals surface area (Å²) in [5.74, 6) is -0.225. The van der Waals surface area contributed by atoms with Crippen LogP contribution in [0.15, 0.2) is 23.4 Å². The molecule has 1 amide bonds.